The van der Waals surface area contributed by atoms with Gasteiger partial charge in [0.25, 0.3) is 0 Å². The zero-order valence-electron chi connectivity index (χ0n) is 25.8. The van der Waals surface area contributed by atoms with E-state index in [2.05, 4.69) is 49.8 Å². The minimum Gasteiger partial charge on any atom is -0.483 e. The van der Waals surface area contributed by atoms with Crippen LogP contribution < -0.4 is 21.1 Å². The highest BCUT2D eigenvalue weighted by atomic mass is 19.1. The summed E-state index contributed by atoms with van der Waals surface area (Å²) in [6.07, 6.45) is 4.81. The average Bonchev–Trinajstić information content (AvgIpc) is 3.54. The summed E-state index contributed by atoms with van der Waals surface area (Å²) in [6.45, 7) is 5.09. The molecule has 2 saturated heterocycles. The number of tetrazole rings is 1. The molecule has 2 aliphatic heterocycles. The predicted octanol–water partition coefficient (Wildman–Crippen LogP) is 2.74. The van der Waals surface area contributed by atoms with Gasteiger partial charge in [-0.3, -0.25) is 4.90 Å². The molecule has 2 fully saturated rings. The summed E-state index contributed by atoms with van der Waals surface area (Å²) < 4.78 is 59.4. The van der Waals surface area contributed by atoms with E-state index < -0.39 is 36.5 Å². The first kappa shape index (κ1) is 24.2. The van der Waals surface area contributed by atoms with Crippen LogP contribution in [-0.2, 0) is 6.98 Å². The van der Waals surface area contributed by atoms with E-state index in [-0.39, 0.29) is 45.2 Å². The molecular weight excluding hydrogens is 524 g/mol. The number of piperidine rings is 1. The molecule has 2 atom stereocenters. The van der Waals surface area contributed by atoms with E-state index in [0.29, 0.717) is 10.7 Å². The Morgan fingerprint density at radius 1 is 1.27 bits per heavy atom. The number of anilines is 3. The molecule has 3 N–H and O–H groups in total. The lowest BCUT2D eigenvalue weighted by atomic mass is 9.84. The topological polar surface area (TPSA) is 135 Å². The van der Waals surface area contributed by atoms with Gasteiger partial charge in [-0.05, 0) is 76.4 Å². The largest absolute Gasteiger partial charge is 0.483 e. The fraction of sp³-hybridized carbons (Fsp3) is 0.577. The van der Waals surface area contributed by atoms with Gasteiger partial charge in [-0.25, -0.2) is 18.6 Å². The molecule has 0 bridgehead atoms. The smallest absolute Gasteiger partial charge is 0.368 e. The first-order valence-electron chi connectivity index (χ1n) is 14.6. The second kappa shape index (κ2) is 10.4. The maximum Gasteiger partial charge on any atom is 0.368 e. The second-order valence-corrected chi connectivity index (χ2v) is 11.5. The van der Waals surface area contributed by atoms with Gasteiger partial charge in [-0.15, -0.1) is 0 Å². The van der Waals surface area contributed by atoms with Crippen LogP contribution in [0.15, 0.2) is 23.1 Å². The molecular formula is C26H35F2N9O3. The summed E-state index contributed by atoms with van der Waals surface area (Å²) in [5, 5.41) is 22.7. The van der Waals surface area contributed by atoms with Crippen LogP contribution in [0.5, 0.6) is 5.75 Å². The number of aryl methyl sites for hydroxylation is 1. The van der Waals surface area contributed by atoms with Crippen LogP contribution in [0.1, 0.15) is 57.5 Å². The van der Waals surface area contributed by atoms with E-state index in [1.807, 2.05) is 0 Å². The Bertz CT molecular complexity index is 1560. The fourth-order valence-corrected chi connectivity index (χ4v) is 5.58. The molecule has 0 unspecified atom stereocenters. The van der Waals surface area contributed by atoms with E-state index in [1.54, 1.807) is 0 Å². The molecule has 0 saturated carbocycles. The Hall–Kier alpha value is -3.65. The lowest BCUT2D eigenvalue weighted by molar-refractivity contribution is 0.0408. The third-order valence-corrected chi connectivity index (χ3v) is 7.41. The summed E-state index contributed by atoms with van der Waals surface area (Å²) in [4.78, 5) is 23.6. The standard InChI is InChI=1S/C26H35F2N9O3/c1-25(2)12-15(9-16-7-6-8-36(16)25)30-22-18(28)13-29-23(32-22)31-19-11-20(37-24(39)35(5)33-34-37)21(10-17(19)27)40-26(3,4)14-38/h10-11,13,15-16,38H,6-9,12,14H2,1-5H3,(H2,29,30,31,32)/t15-,16+/m1/s1/i5D3. The van der Waals surface area contributed by atoms with Gasteiger partial charge >= 0.3 is 5.69 Å². The van der Waals surface area contributed by atoms with Crippen LogP contribution in [0.2, 0.25) is 0 Å². The number of benzene rings is 1. The average molecular weight is 563 g/mol. The molecule has 2 aromatic heterocycles. The molecule has 1 aromatic carbocycles. The number of rotatable bonds is 8. The summed E-state index contributed by atoms with van der Waals surface area (Å²) in [6, 6.07) is 2.44. The van der Waals surface area contributed by atoms with Crippen molar-refractivity contribution in [3.05, 3.63) is 40.4 Å². The van der Waals surface area contributed by atoms with Gasteiger partial charge in [0.15, 0.2) is 17.5 Å². The molecule has 0 amide bonds. The molecule has 2 aliphatic rings. The number of aliphatic hydroxyl groups is 1. The minimum atomic E-state index is -2.92. The molecule has 0 radical (unpaired) electrons. The maximum absolute atomic E-state index is 15.4. The summed E-state index contributed by atoms with van der Waals surface area (Å²) in [5.74, 6) is -1.91. The van der Waals surface area contributed by atoms with E-state index >= 15 is 4.39 Å². The Kier molecular flexibility index (Phi) is 6.28. The monoisotopic (exact) mass is 562 g/mol. The van der Waals surface area contributed by atoms with Crippen molar-refractivity contribution in [3.8, 4) is 11.4 Å². The molecule has 0 spiro atoms. The highest BCUT2D eigenvalue weighted by Crippen LogP contribution is 2.39. The van der Waals surface area contributed by atoms with E-state index in [1.165, 1.54) is 13.8 Å². The number of nitrogens with one attached hydrogen (secondary N) is 2. The molecule has 0 aliphatic carbocycles. The van der Waals surface area contributed by atoms with E-state index in [0.717, 1.165) is 50.6 Å². The highest BCUT2D eigenvalue weighted by Gasteiger charge is 2.43. The van der Waals surface area contributed by atoms with Gasteiger partial charge in [0.1, 0.15) is 17.0 Å². The van der Waals surface area contributed by atoms with E-state index in [4.69, 9.17) is 8.85 Å². The van der Waals surface area contributed by atoms with Crippen LogP contribution in [0.3, 0.4) is 0 Å². The van der Waals surface area contributed by atoms with Crippen molar-refractivity contribution in [2.45, 2.75) is 76.6 Å². The molecule has 12 nitrogen and oxygen atoms in total. The quantitative estimate of drug-likeness (QED) is 0.376. The highest BCUT2D eigenvalue weighted by molar-refractivity contribution is 5.63. The normalized spacial score (nSPS) is 22.2. The van der Waals surface area contributed by atoms with Crippen molar-refractivity contribution in [1.29, 1.82) is 0 Å². The number of halogens is 2. The summed E-state index contributed by atoms with van der Waals surface area (Å²) >= 11 is 0. The van der Waals surface area contributed by atoms with Crippen LogP contribution in [-0.4, -0.2) is 76.1 Å². The van der Waals surface area contributed by atoms with Gasteiger partial charge < -0.3 is 20.5 Å². The Morgan fingerprint density at radius 3 is 2.80 bits per heavy atom. The second-order valence-electron chi connectivity index (χ2n) is 11.5. The van der Waals surface area contributed by atoms with Gasteiger partial charge in [-0.1, -0.05) is 0 Å². The van der Waals surface area contributed by atoms with Gasteiger partial charge in [0, 0.05) is 34.8 Å². The van der Waals surface area contributed by atoms with Crippen LogP contribution in [0, 0.1) is 11.6 Å². The lowest BCUT2D eigenvalue weighted by Crippen LogP contribution is -2.55. The van der Waals surface area contributed by atoms with Crippen LogP contribution >= 0.6 is 0 Å². The third kappa shape index (κ3) is 5.50. The SMILES string of the molecule is [2H]C([2H])([2H])n1nnn(-c2cc(Nc3ncc(F)c(N[C@@H]4C[C@@H]5CCCN5C(C)(C)C4)n3)c(F)cc2OC(C)(C)CO)c1=O. The molecule has 14 heteroatoms. The van der Waals surface area contributed by atoms with E-state index in [9.17, 15) is 14.3 Å². The van der Waals surface area contributed by atoms with Crippen LogP contribution in [0.25, 0.3) is 5.69 Å². The predicted molar refractivity (Wildman–Crippen MR) is 144 cm³/mol. The van der Waals surface area contributed by atoms with Crippen LogP contribution in [0.4, 0.5) is 26.2 Å². The van der Waals surface area contributed by atoms with Gasteiger partial charge in [0.2, 0.25) is 5.95 Å². The third-order valence-electron chi connectivity index (χ3n) is 7.41. The Labute approximate surface area is 234 Å². The molecule has 3 aromatic rings. The molecule has 216 valence electrons. The maximum atomic E-state index is 15.4. The number of fused-ring (bicyclic) bond motifs is 1. The summed E-state index contributed by atoms with van der Waals surface area (Å²) in [5.41, 5.74) is -2.81. The number of nitrogens with zero attached hydrogens (tertiary/aromatic N) is 7. The van der Waals surface area contributed by atoms with Crippen molar-refractivity contribution < 1.29 is 22.7 Å². The van der Waals surface area contributed by atoms with Crippen molar-refractivity contribution >= 4 is 17.5 Å². The number of ether oxygens (including phenoxy) is 1. The molecule has 5 rings (SSSR count). The van der Waals surface area contributed by atoms with Crippen molar-refractivity contribution in [2.75, 3.05) is 23.8 Å². The number of aliphatic hydroxyl groups excluding tert-OH is 1. The lowest BCUT2D eigenvalue weighted by Gasteiger charge is -2.47. The first-order chi connectivity index (χ1) is 20.1. The number of aromatic nitrogens is 6. The Morgan fingerprint density at radius 2 is 2.08 bits per heavy atom. The zero-order valence-corrected chi connectivity index (χ0v) is 22.8. The van der Waals surface area contributed by atoms with Gasteiger partial charge in [-0.2, -0.15) is 14.3 Å². The van der Waals surface area contributed by atoms with Gasteiger partial charge in [0.05, 0.1) is 18.5 Å². The fourth-order valence-electron chi connectivity index (χ4n) is 5.58. The van der Waals surface area contributed by atoms with Crippen molar-refractivity contribution in [3.63, 3.8) is 0 Å². The first-order valence-corrected chi connectivity index (χ1v) is 13.1. The van der Waals surface area contributed by atoms with Crippen molar-refractivity contribution in [2.24, 2.45) is 6.98 Å². The molecule has 40 heavy (non-hydrogen) atoms. The van der Waals surface area contributed by atoms with Crippen molar-refractivity contribution in [1.82, 2.24) is 34.7 Å². The molecule has 4 heterocycles. The Balaban J connectivity index is 1.46. The number of hydrogen-bond acceptors (Lipinski definition) is 10. The zero-order chi connectivity index (χ0) is 31.3. The number of hydrogen-bond donors (Lipinski definition) is 3. The minimum absolute atomic E-state index is 0.0334. The summed E-state index contributed by atoms with van der Waals surface area (Å²) in [7, 11) is 0.